The monoisotopic (exact) mass is 301 g/mol. The number of rotatable bonds is 4. The third-order valence-electron chi connectivity index (χ3n) is 2.54. The molecule has 1 amide bonds. The van der Waals surface area contributed by atoms with Crippen LogP contribution in [0.4, 0.5) is 13.2 Å². The number of esters is 1. The summed E-state index contributed by atoms with van der Waals surface area (Å²) in [5.41, 5.74) is -0.887. The van der Waals surface area contributed by atoms with E-state index < -0.39 is 23.6 Å². The van der Waals surface area contributed by atoms with Gasteiger partial charge in [-0.2, -0.15) is 13.2 Å². The Morgan fingerprint density at radius 3 is 2.52 bits per heavy atom. The van der Waals surface area contributed by atoms with Crippen LogP contribution in [0.5, 0.6) is 0 Å². The number of hydrogen-bond acceptors (Lipinski definition) is 3. The number of benzene rings is 1. The Morgan fingerprint density at radius 1 is 1.33 bits per heavy atom. The van der Waals surface area contributed by atoms with E-state index >= 15 is 0 Å². The highest BCUT2D eigenvalue weighted by atomic mass is 19.4. The van der Waals surface area contributed by atoms with Crippen LogP contribution in [-0.4, -0.2) is 25.5 Å². The zero-order valence-corrected chi connectivity index (χ0v) is 11.5. The molecule has 0 radical (unpaired) electrons. The molecular formula is C14H14F3NO3. The second-order valence-corrected chi connectivity index (χ2v) is 3.96. The van der Waals surface area contributed by atoms with E-state index in [-0.39, 0.29) is 17.7 Å². The van der Waals surface area contributed by atoms with Gasteiger partial charge in [-0.05, 0) is 36.8 Å². The molecule has 0 heterocycles. The Morgan fingerprint density at radius 2 is 2.00 bits per heavy atom. The SMILES string of the molecule is CCOC(=O)/C=C/c1cc(C(F)(F)F)ccc1C(=O)NC. The maximum Gasteiger partial charge on any atom is 0.416 e. The zero-order chi connectivity index (χ0) is 16.0. The third kappa shape index (κ3) is 4.62. The van der Waals surface area contributed by atoms with Crippen molar-refractivity contribution < 1.29 is 27.5 Å². The number of ether oxygens (including phenoxy) is 1. The highest BCUT2D eigenvalue weighted by Gasteiger charge is 2.31. The van der Waals surface area contributed by atoms with Gasteiger partial charge in [-0.1, -0.05) is 0 Å². The van der Waals surface area contributed by atoms with E-state index in [1.165, 1.54) is 7.05 Å². The predicted octanol–water partition coefficient (Wildman–Crippen LogP) is 2.64. The molecule has 0 atom stereocenters. The fraction of sp³-hybridized carbons (Fsp3) is 0.286. The Bertz CT molecular complexity index is 565. The number of alkyl halides is 3. The van der Waals surface area contributed by atoms with Crippen molar-refractivity contribution in [1.82, 2.24) is 5.32 Å². The van der Waals surface area contributed by atoms with E-state index in [9.17, 15) is 22.8 Å². The molecule has 21 heavy (non-hydrogen) atoms. The zero-order valence-electron chi connectivity index (χ0n) is 11.5. The lowest BCUT2D eigenvalue weighted by molar-refractivity contribution is -0.138. The van der Waals surface area contributed by atoms with Gasteiger partial charge in [0.05, 0.1) is 12.2 Å². The molecule has 7 heteroatoms. The number of carbonyl (C=O) groups is 2. The van der Waals surface area contributed by atoms with Gasteiger partial charge in [0.25, 0.3) is 5.91 Å². The van der Waals surface area contributed by atoms with Gasteiger partial charge >= 0.3 is 12.1 Å². The Labute approximate surface area is 119 Å². The Balaban J connectivity index is 3.23. The topological polar surface area (TPSA) is 55.4 Å². The van der Waals surface area contributed by atoms with Crippen molar-refractivity contribution in [2.45, 2.75) is 13.1 Å². The number of hydrogen-bond donors (Lipinski definition) is 1. The van der Waals surface area contributed by atoms with Gasteiger partial charge in [0.15, 0.2) is 0 Å². The van der Waals surface area contributed by atoms with Crippen LogP contribution < -0.4 is 5.32 Å². The van der Waals surface area contributed by atoms with E-state index in [1.54, 1.807) is 6.92 Å². The van der Waals surface area contributed by atoms with Crippen molar-refractivity contribution in [2.24, 2.45) is 0 Å². The summed E-state index contributed by atoms with van der Waals surface area (Å²) in [7, 11) is 1.36. The first-order valence-corrected chi connectivity index (χ1v) is 6.07. The van der Waals surface area contributed by atoms with E-state index in [2.05, 4.69) is 10.1 Å². The quantitative estimate of drug-likeness (QED) is 0.687. The minimum Gasteiger partial charge on any atom is -0.463 e. The van der Waals surface area contributed by atoms with E-state index in [1.807, 2.05) is 0 Å². The molecule has 0 fully saturated rings. The first-order valence-electron chi connectivity index (χ1n) is 6.07. The van der Waals surface area contributed by atoms with Crippen molar-refractivity contribution in [1.29, 1.82) is 0 Å². The van der Waals surface area contributed by atoms with Gasteiger partial charge in [-0.3, -0.25) is 4.79 Å². The second kappa shape index (κ2) is 6.92. The molecule has 0 aliphatic heterocycles. The lowest BCUT2D eigenvalue weighted by Gasteiger charge is -2.10. The van der Waals surface area contributed by atoms with E-state index in [0.29, 0.717) is 0 Å². The lowest BCUT2D eigenvalue weighted by Crippen LogP contribution is -2.19. The highest BCUT2D eigenvalue weighted by Crippen LogP contribution is 2.31. The molecule has 0 bridgehead atoms. The molecule has 1 N–H and O–H groups in total. The van der Waals surface area contributed by atoms with Crippen LogP contribution in [-0.2, 0) is 15.7 Å². The normalized spacial score (nSPS) is 11.5. The average Bonchev–Trinajstić information content (AvgIpc) is 2.43. The Hall–Kier alpha value is -2.31. The van der Waals surface area contributed by atoms with Crippen molar-refractivity contribution in [3.63, 3.8) is 0 Å². The molecule has 1 aromatic carbocycles. The van der Waals surface area contributed by atoms with Crippen molar-refractivity contribution in [2.75, 3.05) is 13.7 Å². The largest absolute Gasteiger partial charge is 0.463 e. The number of nitrogens with one attached hydrogen (secondary N) is 1. The van der Waals surface area contributed by atoms with Gasteiger partial charge in [0, 0.05) is 18.7 Å². The molecule has 0 unspecified atom stereocenters. The van der Waals surface area contributed by atoms with E-state index in [0.717, 1.165) is 30.4 Å². The molecule has 114 valence electrons. The maximum absolute atomic E-state index is 12.7. The van der Waals surface area contributed by atoms with Crippen LogP contribution in [0.15, 0.2) is 24.3 Å². The average molecular weight is 301 g/mol. The summed E-state index contributed by atoms with van der Waals surface area (Å²) < 4.78 is 42.7. The molecule has 0 saturated carbocycles. The lowest BCUT2D eigenvalue weighted by atomic mass is 10.0. The van der Waals surface area contributed by atoms with E-state index in [4.69, 9.17) is 0 Å². The summed E-state index contributed by atoms with van der Waals surface area (Å²) in [5.74, 6) is -1.25. The van der Waals surface area contributed by atoms with Crippen LogP contribution in [0, 0.1) is 0 Å². The number of carbonyl (C=O) groups excluding carboxylic acids is 2. The van der Waals surface area contributed by atoms with Crippen LogP contribution in [0.25, 0.3) is 6.08 Å². The first kappa shape index (κ1) is 16.7. The fourth-order valence-corrected chi connectivity index (χ4v) is 1.57. The van der Waals surface area contributed by atoms with Gasteiger partial charge < -0.3 is 10.1 Å². The summed E-state index contributed by atoms with van der Waals surface area (Å²) in [5, 5.41) is 2.32. The Kier molecular flexibility index (Phi) is 5.52. The van der Waals surface area contributed by atoms with Crippen LogP contribution in [0.2, 0.25) is 0 Å². The van der Waals surface area contributed by atoms with Gasteiger partial charge in [0.2, 0.25) is 0 Å². The molecule has 0 saturated heterocycles. The number of halogens is 3. The van der Waals surface area contributed by atoms with Crippen molar-refractivity contribution >= 4 is 18.0 Å². The minimum atomic E-state index is -4.53. The molecule has 1 rings (SSSR count). The highest BCUT2D eigenvalue weighted by molar-refractivity contribution is 5.99. The fourth-order valence-electron chi connectivity index (χ4n) is 1.57. The molecule has 0 aliphatic carbocycles. The maximum atomic E-state index is 12.7. The summed E-state index contributed by atoms with van der Waals surface area (Å²) in [4.78, 5) is 22.8. The molecule has 0 aliphatic rings. The van der Waals surface area contributed by atoms with Crippen LogP contribution in [0.1, 0.15) is 28.4 Å². The van der Waals surface area contributed by atoms with Gasteiger partial charge in [-0.15, -0.1) is 0 Å². The van der Waals surface area contributed by atoms with Crippen molar-refractivity contribution in [3.8, 4) is 0 Å². The van der Waals surface area contributed by atoms with Gasteiger partial charge in [0.1, 0.15) is 0 Å². The molecular weight excluding hydrogens is 287 g/mol. The third-order valence-corrected chi connectivity index (χ3v) is 2.54. The standard InChI is InChI=1S/C14H14F3NO3/c1-3-21-12(19)7-4-9-8-10(14(15,16)17)5-6-11(9)13(20)18-2/h4-8H,3H2,1-2H3,(H,18,20)/b7-4+. The summed E-state index contributed by atoms with van der Waals surface area (Å²) in [6.07, 6.45) is -2.43. The van der Waals surface area contributed by atoms with Crippen molar-refractivity contribution in [3.05, 3.63) is 41.0 Å². The molecule has 4 nitrogen and oxygen atoms in total. The summed E-state index contributed by atoms with van der Waals surface area (Å²) in [6, 6.07) is 2.68. The summed E-state index contributed by atoms with van der Waals surface area (Å²) in [6.45, 7) is 1.75. The minimum absolute atomic E-state index is 0.0165. The molecule has 1 aromatic rings. The van der Waals surface area contributed by atoms with Crippen LogP contribution in [0.3, 0.4) is 0 Å². The van der Waals surface area contributed by atoms with Gasteiger partial charge in [-0.25, -0.2) is 4.79 Å². The molecule has 0 aromatic heterocycles. The first-order chi connectivity index (χ1) is 9.79. The second-order valence-electron chi connectivity index (χ2n) is 3.96. The number of amides is 1. The smallest absolute Gasteiger partial charge is 0.416 e. The summed E-state index contributed by atoms with van der Waals surface area (Å²) >= 11 is 0. The predicted molar refractivity (Wildman–Crippen MR) is 70.5 cm³/mol. The van der Waals surface area contributed by atoms with Crippen LogP contribution >= 0.6 is 0 Å². The molecule has 0 spiro atoms.